The number of benzene rings is 2. The molecule has 0 radical (unpaired) electrons. The summed E-state index contributed by atoms with van der Waals surface area (Å²) in [6.45, 7) is 3.14. The van der Waals surface area contributed by atoms with Gasteiger partial charge in [-0.15, -0.1) is 0 Å². The molecule has 0 unspecified atom stereocenters. The number of aliphatic imine (C=N–C) groups is 1. The Balaban J connectivity index is 1.81. The summed E-state index contributed by atoms with van der Waals surface area (Å²) in [7, 11) is 0. The Hall–Kier alpha value is -2.00. The zero-order valence-electron chi connectivity index (χ0n) is 11.4. The van der Waals surface area contributed by atoms with Gasteiger partial charge in [-0.2, -0.15) is 0 Å². The predicted octanol–water partition coefficient (Wildman–Crippen LogP) is 4.86. The first-order valence-electron chi connectivity index (χ1n) is 6.72. The fraction of sp³-hybridized carbons (Fsp3) is 0.118. The topological polar surface area (TPSA) is 15.6 Å². The molecule has 0 saturated carbocycles. The summed E-state index contributed by atoms with van der Waals surface area (Å²) in [5.74, 6) is 0. The average Bonchev–Trinajstić information content (AvgIpc) is 2.86. The van der Waals surface area contributed by atoms with Gasteiger partial charge in [-0.3, -0.25) is 4.99 Å². The molecule has 0 spiro atoms. The van der Waals surface area contributed by atoms with Gasteiger partial charge < -0.3 is 4.90 Å². The van der Waals surface area contributed by atoms with Crippen LogP contribution in [0, 0.1) is 0 Å². The lowest BCUT2D eigenvalue weighted by molar-refractivity contribution is 1.00. The number of rotatable bonds is 3. The SMILES string of the molecule is CCN1/C(=C/C=Nc2ccccc2)Sc2ccccc21. The largest absolute Gasteiger partial charge is 0.335 e. The average molecular weight is 280 g/mol. The van der Waals surface area contributed by atoms with Crippen LogP contribution >= 0.6 is 11.8 Å². The third kappa shape index (κ3) is 2.63. The lowest BCUT2D eigenvalue weighted by Gasteiger charge is -2.17. The fourth-order valence-corrected chi connectivity index (χ4v) is 3.33. The molecule has 0 N–H and O–H groups in total. The highest BCUT2D eigenvalue weighted by atomic mass is 32.2. The van der Waals surface area contributed by atoms with Crippen LogP contribution in [0.2, 0.25) is 0 Å². The molecule has 0 saturated heterocycles. The molecule has 2 nitrogen and oxygen atoms in total. The van der Waals surface area contributed by atoms with Crippen molar-refractivity contribution in [3.05, 3.63) is 65.7 Å². The van der Waals surface area contributed by atoms with Gasteiger partial charge in [-0.05, 0) is 37.3 Å². The minimum atomic E-state index is 0.967. The van der Waals surface area contributed by atoms with Gasteiger partial charge in [0.15, 0.2) is 0 Å². The molecule has 1 heterocycles. The molecule has 3 rings (SSSR count). The molecule has 20 heavy (non-hydrogen) atoms. The molecular formula is C17H16N2S. The highest BCUT2D eigenvalue weighted by molar-refractivity contribution is 8.03. The van der Waals surface area contributed by atoms with Crippen LogP contribution in [0.5, 0.6) is 0 Å². The Bertz CT molecular complexity index is 647. The highest BCUT2D eigenvalue weighted by Crippen LogP contribution is 2.45. The van der Waals surface area contributed by atoms with Crippen LogP contribution < -0.4 is 4.90 Å². The summed E-state index contributed by atoms with van der Waals surface area (Å²) >= 11 is 1.80. The van der Waals surface area contributed by atoms with Crippen molar-refractivity contribution in [3.8, 4) is 0 Å². The minimum absolute atomic E-state index is 0.967. The van der Waals surface area contributed by atoms with Crippen LogP contribution in [0.25, 0.3) is 0 Å². The number of thioether (sulfide) groups is 1. The standard InChI is InChI=1S/C17H16N2S/c1-2-19-15-10-6-7-11-16(15)20-17(19)12-13-18-14-8-4-3-5-9-14/h3-13H,2H2,1H3/b17-12-,18-13?. The van der Waals surface area contributed by atoms with E-state index < -0.39 is 0 Å². The smallest absolute Gasteiger partial charge is 0.0816 e. The molecule has 0 bridgehead atoms. The van der Waals surface area contributed by atoms with Gasteiger partial charge in [0.25, 0.3) is 0 Å². The summed E-state index contributed by atoms with van der Waals surface area (Å²) < 4.78 is 0. The third-order valence-corrected chi connectivity index (χ3v) is 4.28. The van der Waals surface area contributed by atoms with Gasteiger partial charge in [0.1, 0.15) is 0 Å². The van der Waals surface area contributed by atoms with E-state index in [0.29, 0.717) is 0 Å². The second kappa shape index (κ2) is 5.97. The van der Waals surface area contributed by atoms with Crippen molar-refractivity contribution in [2.75, 3.05) is 11.4 Å². The van der Waals surface area contributed by atoms with Crippen molar-refractivity contribution < 1.29 is 0 Å². The lowest BCUT2D eigenvalue weighted by atomic mass is 10.3. The van der Waals surface area contributed by atoms with E-state index in [1.54, 1.807) is 11.8 Å². The van der Waals surface area contributed by atoms with Gasteiger partial charge in [-0.1, -0.05) is 42.1 Å². The first kappa shape index (κ1) is 13.0. The number of fused-ring (bicyclic) bond motifs is 1. The number of hydrogen-bond donors (Lipinski definition) is 0. The molecule has 0 amide bonds. The van der Waals surface area contributed by atoms with Gasteiger partial charge in [0, 0.05) is 17.7 Å². The Morgan fingerprint density at radius 2 is 1.80 bits per heavy atom. The second-order valence-corrected chi connectivity index (χ2v) is 5.49. The summed E-state index contributed by atoms with van der Waals surface area (Å²) in [6.07, 6.45) is 3.97. The third-order valence-electron chi connectivity index (χ3n) is 3.15. The van der Waals surface area contributed by atoms with Crippen LogP contribution in [0.4, 0.5) is 11.4 Å². The zero-order valence-corrected chi connectivity index (χ0v) is 12.2. The minimum Gasteiger partial charge on any atom is -0.335 e. The molecule has 0 atom stereocenters. The van der Waals surface area contributed by atoms with Crippen molar-refractivity contribution in [2.24, 2.45) is 4.99 Å². The summed E-state index contributed by atoms with van der Waals surface area (Å²) in [4.78, 5) is 8.09. The van der Waals surface area contributed by atoms with Crippen LogP contribution in [0.15, 0.2) is 75.6 Å². The van der Waals surface area contributed by atoms with Crippen LogP contribution in [-0.4, -0.2) is 12.8 Å². The molecule has 1 aliphatic rings. The van der Waals surface area contributed by atoms with E-state index in [4.69, 9.17) is 0 Å². The van der Waals surface area contributed by atoms with Gasteiger partial charge in [0.2, 0.25) is 0 Å². The number of allylic oxidation sites excluding steroid dienone is 1. The van der Waals surface area contributed by atoms with E-state index >= 15 is 0 Å². The van der Waals surface area contributed by atoms with Gasteiger partial charge >= 0.3 is 0 Å². The number of anilines is 1. The maximum atomic E-state index is 4.46. The van der Waals surface area contributed by atoms with Crippen LogP contribution in [0.3, 0.4) is 0 Å². The summed E-state index contributed by atoms with van der Waals surface area (Å²) in [5, 5.41) is 1.23. The van der Waals surface area contributed by atoms with E-state index in [1.165, 1.54) is 15.6 Å². The molecule has 0 aromatic heterocycles. The quantitative estimate of drug-likeness (QED) is 0.746. The summed E-state index contributed by atoms with van der Waals surface area (Å²) in [5.41, 5.74) is 2.27. The number of nitrogens with zero attached hydrogens (tertiary/aromatic N) is 2. The van der Waals surface area contributed by atoms with E-state index in [2.05, 4.69) is 47.2 Å². The normalized spacial score (nSPS) is 16.1. The van der Waals surface area contributed by atoms with Gasteiger partial charge in [0.05, 0.1) is 16.4 Å². The molecule has 2 aromatic carbocycles. The maximum Gasteiger partial charge on any atom is 0.0816 e. The predicted molar refractivity (Wildman–Crippen MR) is 88.0 cm³/mol. The monoisotopic (exact) mass is 280 g/mol. The van der Waals surface area contributed by atoms with Crippen LogP contribution in [0.1, 0.15) is 6.92 Å². The second-order valence-electron chi connectivity index (χ2n) is 4.43. The van der Waals surface area contributed by atoms with E-state index in [1.807, 2.05) is 36.5 Å². The molecule has 3 heteroatoms. The molecule has 2 aromatic rings. The van der Waals surface area contributed by atoms with Crippen molar-refractivity contribution in [3.63, 3.8) is 0 Å². The number of hydrogen-bond acceptors (Lipinski definition) is 3. The highest BCUT2D eigenvalue weighted by Gasteiger charge is 2.22. The lowest BCUT2D eigenvalue weighted by Crippen LogP contribution is -2.16. The van der Waals surface area contributed by atoms with Gasteiger partial charge in [-0.25, -0.2) is 0 Å². The molecular weight excluding hydrogens is 264 g/mol. The van der Waals surface area contributed by atoms with Crippen molar-refractivity contribution in [1.82, 2.24) is 0 Å². The fourth-order valence-electron chi connectivity index (χ4n) is 2.20. The number of para-hydroxylation sites is 2. The van der Waals surface area contributed by atoms with Crippen molar-refractivity contribution in [1.29, 1.82) is 0 Å². The van der Waals surface area contributed by atoms with E-state index in [9.17, 15) is 0 Å². The Morgan fingerprint density at radius 3 is 2.60 bits per heavy atom. The van der Waals surface area contributed by atoms with Crippen LogP contribution in [-0.2, 0) is 0 Å². The molecule has 1 aliphatic heterocycles. The Morgan fingerprint density at radius 1 is 1.05 bits per heavy atom. The Labute approximate surface area is 123 Å². The molecule has 0 fully saturated rings. The Kier molecular flexibility index (Phi) is 3.88. The first-order valence-corrected chi connectivity index (χ1v) is 7.54. The van der Waals surface area contributed by atoms with Crippen molar-refractivity contribution in [2.45, 2.75) is 11.8 Å². The molecule has 0 aliphatic carbocycles. The van der Waals surface area contributed by atoms with Crippen molar-refractivity contribution >= 4 is 29.4 Å². The summed E-state index contributed by atoms with van der Waals surface area (Å²) in [6, 6.07) is 18.5. The maximum absolute atomic E-state index is 4.46. The molecule has 100 valence electrons. The van der Waals surface area contributed by atoms with E-state index in [-0.39, 0.29) is 0 Å². The first-order chi connectivity index (χ1) is 9.88. The van der Waals surface area contributed by atoms with E-state index in [0.717, 1.165) is 12.2 Å². The zero-order chi connectivity index (χ0) is 13.8.